The minimum absolute atomic E-state index is 0.983. The molecule has 1 fully saturated rings. The molecule has 0 aromatic heterocycles. The van der Waals surface area contributed by atoms with Crippen LogP contribution in [0.25, 0.3) is 0 Å². The molecule has 5 atom stereocenters. The highest BCUT2D eigenvalue weighted by Gasteiger charge is 2.44. The molecule has 0 saturated carbocycles. The molecule has 2 unspecified atom stereocenters. The van der Waals surface area contributed by atoms with Gasteiger partial charge in [0.2, 0.25) is 0 Å². The number of aliphatic hydroxyl groups is 3. The van der Waals surface area contributed by atoms with E-state index in [9.17, 15) is 15.3 Å². The molecule has 1 heterocycles. The molecule has 1 rings (SSSR count). The Kier molecular flexibility index (Phi) is 3.60. The lowest BCUT2D eigenvalue weighted by molar-refractivity contribution is -0.340. The highest BCUT2D eigenvalue weighted by molar-refractivity contribution is 4.85. The summed E-state index contributed by atoms with van der Waals surface area (Å²) in [5, 5.41) is 27.9. The molecule has 1 aliphatic heterocycles. The number of methoxy groups -OCH3 is 2. The molecule has 1 saturated heterocycles. The van der Waals surface area contributed by atoms with E-state index in [2.05, 4.69) is 0 Å². The van der Waals surface area contributed by atoms with Crippen molar-refractivity contribution < 1.29 is 29.5 Å². The van der Waals surface area contributed by atoms with E-state index >= 15 is 0 Å². The van der Waals surface area contributed by atoms with Crippen molar-refractivity contribution in [3.8, 4) is 0 Å². The predicted octanol–water partition coefficient (Wildman–Crippen LogP) is -1.96. The predicted molar refractivity (Wildman–Crippen MR) is 40.7 cm³/mol. The van der Waals surface area contributed by atoms with Crippen molar-refractivity contribution in [2.24, 2.45) is 0 Å². The molecule has 0 aliphatic carbocycles. The Morgan fingerprint density at radius 3 is 1.54 bits per heavy atom. The fourth-order valence-electron chi connectivity index (χ4n) is 1.21. The third kappa shape index (κ3) is 1.98. The number of rotatable bonds is 2. The highest BCUT2D eigenvalue weighted by atomic mass is 16.8. The summed E-state index contributed by atoms with van der Waals surface area (Å²) in [7, 11) is 2.65. The zero-order valence-electron chi connectivity index (χ0n) is 7.45. The number of aliphatic hydroxyl groups excluding tert-OH is 3. The van der Waals surface area contributed by atoms with Crippen LogP contribution in [0.4, 0.5) is 0 Å². The Morgan fingerprint density at radius 1 is 0.846 bits per heavy atom. The van der Waals surface area contributed by atoms with E-state index in [0.717, 1.165) is 0 Å². The quantitative estimate of drug-likeness (QED) is 0.473. The minimum atomic E-state index is -1.33. The van der Waals surface area contributed by atoms with E-state index in [0.29, 0.717) is 0 Å². The lowest BCUT2D eigenvalue weighted by atomic mass is 10.0. The summed E-state index contributed by atoms with van der Waals surface area (Å²) in [6.45, 7) is 0. The van der Waals surface area contributed by atoms with Crippen LogP contribution in [0.15, 0.2) is 0 Å². The van der Waals surface area contributed by atoms with Gasteiger partial charge in [0.1, 0.15) is 18.3 Å². The molecule has 13 heavy (non-hydrogen) atoms. The van der Waals surface area contributed by atoms with E-state index in [1.165, 1.54) is 14.2 Å². The molecule has 0 aromatic carbocycles. The van der Waals surface area contributed by atoms with Gasteiger partial charge in [-0.1, -0.05) is 0 Å². The average molecular weight is 194 g/mol. The fourth-order valence-corrected chi connectivity index (χ4v) is 1.21. The van der Waals surface area contributed by atoms with Crippen molar-refractivity contribution >= 4 is 0 Å². The number of hydrogen-bond acceptors (Lipinski definition) is 6. The van der Waals surface area contributed by atoms with Crippen molar-refractivity contribution in [2.45, 2.75) is 30.9 Å². The maximum Gasteiger partial charge on any atom is 0.188 e. The molecule has 0 spiro atoms. The standard InChI is InChI=1S/C7H14O6/c1-11-6-4(9)3(8)5(10)7(12-2)13-6/h3-10H,1-2H3/t3-,4?,5?,6-,7+. The fraction of sp³-hybridized carbons (Fsp3) is 1.00. The van der Waals surface area contributed by atoms with E-state index in [-0.39, 0.29) is 0 Å². The van der Waals surface area contributed by atoms with E-state index < -0.39 is 30.9 Å². The monoisotopic (exact) mass is 194 g/mol. The van der Waals surface area contributed by atoms with Crippen molar-refractivity contribution in [1.82, 2.24) is 0 Å². The first-order valence-electron chi connectivity index (χ1n) is 3.87. The summed E-state index contributed by atoms with van der Waals surface area (Å²) in [5.74, 6) is 0. The van der Waals surface area contributed by atoms with Gasteiger partial charge in [-0.3, -0.25) is 0 Å². The average Bonchev–Trinajstić information content (AvgIpc) is 2.15. The molecule has 0 radical (unpaired) electrons. The molecule has 0 bridgehead atoms. The molecule has 6 nitrogen and oxygen atoms in total. The Balaban J connectivity index is 2.66. The minimum Gasteiger partial charge on any atom is -0.387 e. The van der Waals surface area contributed by atoms with Gasteiger partial charge in [0.05, 0.1) is 0 Å². The first kappa shape index (κ1) is 10.8. The summed E-state index contributed by atoms with van der Waals surface area (Å²) < 4.78 is 14.4. The van der Waals surface area contributed by atoms with Crippen LogP contribution in [0.2, 0.25) is 0 Å². The highest BCUT2D eigenvalue weighted by Crippen LogP contribution is 2.21. The third-order valence-electron chi connectivity index (χ3n) is 1.99. The molecule has 0 amide bonds. The molecule has 6 heteroatoms. The van der Waals surface area contributed by atoms with Gasteiger partial charge in [-0.2, -0.15) is 0 Å². The van der Waals surface area contributed by atoms with Crippen molar-refractivity contribution in [3.05, 3.63) is 0 Å². The van der Waals surface area contributed by atoms with Crippen molar-refractivity contribution in [3.63, 3.8) is 0 Å². The van der Waals surface area contributed by atoms with Crippen LogP contribution >= 0.6 is 0 Å². The second-order valence-corrected chi connectivity index (χ2v) is 2.82. The Bertz CT molecular complexity index is 143. The van der Waals surface area contributed by atoms with Gasteiger partial charge in [0.15, 0.2) is 12.6 Å². The maximum atomic E-state index is 9.31. The van der Waals surface area contributed by atoms with Gasteiger partial charge in [-0.05, 0) is 0 Å². The summed E-state index contributed by atoms with van der Waals surface area (Å²) in [5.41, 5.74) is 0. The normalized spacial score (nSPS) is 46.4. The number of ether oxygens (including phenoxy) is 3. The SMILES string of the molecule is CO[C@@H]1O[C@H](OC)C(O)[C@H](O)C1O. The number of hydrogen-bond donors (Lipinski definition) is 3. The van der Waals surface area contributed by atoms with Gasteiger partial charge in [-0.15, -0.1) is 0 Å². The van der Waals surface area contributed by atoms with Gasteiger partial charge >= 0.3 is 0 Å². The van der Waals surface area contributed by atoms with Crippen molar-refractivity contribution in [2.75, 3.05) is 14.2 Å². The van der Waals surface area contributed by atoms with Crippen LogP contribution in [-0.4, -0.2) is 60.4 Å². The summed E-state index contributed by atoms with van der Waals surface area (Å²) >= 11 is 0. The van der Waals surface area contributed by atoms with Gasteiger partial charge in [-0.25, -0.2) is 0 Å². The van der Waals surface area contributed by atoms with E-state index in [1.54, 1.807) is 0 Å². The van der Waals surface area contributed by atoms with Crippen LogP contribution in [-0.2, 0) is 14.2 Å². The second kappa shape index (κ2) is 4.32. The lowest BCUT2D eigenvalue weighted by Gasteiger charge is -2.38. The van der Waals surface area contributed by atoms with E-state index in [1.807, 2.05) is 0 Å². The van der Waals surface area contributed by atoms with Gasteiger partial charge in [0, 0.05) is 14.2 Å². The van der Waals surface area contributed by atoms with E-state index in [4.69, 9.17) is 14.2 Å². The molecule has 1 aliphatic rings. The molecular weight excluding hydrogens is 180 g/mol. The largest absolute Gasteiger partial charge is 0.387 e. The van der Waals surface area contributed by atoms with Crippen LogP contribution in [0.5, 0.6) is 0 Å². The Morgan fingerprint density at radius 2 is 1.23 bits per heavy atom. The van der Waals surface area contributed by atoms with Crippen LogP contribution in [0.3, 0.4) is 0 Å². The summed E-state index contributed by atoms with van der Waals surface area (Å²) in [4.78, 5) is 0. The summed E-state index contributed by atoms with van der Waals surface area (Å²) in [6, 6.07) is 0. The molecule has 78 valence electrons. The van der Waals surface area contributed by atoms with Crippen LogP contribution in [0, 0.1) is 0 Å². The lowest BCUT2D eigenvalue weighted by Crippen LogP contribution is -2.58. The second-order valence-electron chi connectivity index (χ2n) is 2.82. The Labute approximate surface area is 75.6 Å². The third-order valence-corrected chi connectivity index (χ3v) is 1.99. The van der Waals surface area contributed by atoms with Gasteiger partial charge in [0.25, 0.3) is 0 Å². The summed E-state index contributed by atoms with van der Waals surface area (Å²) in [6.07, 6.45) is -5.84. The maximum absolute atomic E-state index is 9.31. The molecule has 3 N–H and O–H groups in total. The first-order valence-corrected chi connectivity index (χ1v) is 3.87. The first-order chi connectivity index (χ1) is 6.11. The molecular formula is C7H14O6. The smallest absolute Gasteiger partial charge is 0.188 e. The zero-order valence-corrected chi connectivity index (χ0v) is 7.45. The molecule has 0 aromatic rings. The zero-order chi connectivity index (χ0) is 10.0. The van der Waals surface area contributed by atoms with Crippen LogP contribution in [0.1, 0.15) is 0 Å². The van der Waals surface area contributed by atoms with Crippen molar-refractivity contribution in [1.29, 1.82) is 0 Å². The van der Waals surface area contributed by atoms with Gasteiger partial charge < -0.3 is 29.5 Å². The Hall–Kier alpha value is -0.240. The van der Waals surface area contributed by atoms with Crippen LogP contribution < -0.4 is 0 Å². The topological polar surface area (TPSA) is 88.4 Å².